The lowest BCUT2D eigenvalue weighted by Crippen LogP contribution is -2.51. The van der Waals surface area contributed by atoms with Crippen LogP contribution in [0.1, 0.15) is 12.1 Å². The Bertz CT molecular complexity index is 922. The number of piperazine rings is 1. The molecule has 1 atom stereocenters. The van der Waals surface area contributed by atoms with Gasteiger partial charge < -0.3 is 16.0 Å². The number of alkyl halides is 1. The zero-order valence-corrected chi connectivity index (χ0v) is 15.3. The first-order valence-corrected chi connectivity index (χ1v) is 9.18. The second-order valence-electron chi connectivity index (χ2n) is 6.50. The number of aromatic nitrogens is 5. The number of hydrogen-bond donors (Lipinski definition) is 3. The van der Waals surface area contributed by atoms with E-state index in [4.69, 9.17) is 22.3 Å². The minimum absolute atomic E-state index is 0.323. The zero-order valence-electron chi connectivity index (χ0n) is 14.5. The summed E-state index contributed by atoms with van der Waals surface area (Å²) in [5.74, 6) is 2.21. The van der Waals surface area contributed by atoms with Gasteiger partial charge in [0.1, 0.15) is 0 Å². The number of nitrogens with two attached hydrogens (primary N) is 1. The Morgan fingerprint density at radius 2 is 2.23 bits per heavy atom. The first-order valence-electron chi connectivity index (χ1n) is 8.65. The van der Waals surface area contributed by atoms with Gasteiger partial charge in [0, 0.05) is 48.2 Å². The molecular weight excluding hydrogens is 352 g/mol. The molecule has 0 amide bonds. The molecule has 1 saturated heterocycles. The zero-order chi connectivity index (χ0) is 18.1. The van der Waals surface area contributed by atoms with Gasteiger partial charge in [-0.05, 0) is 31.5 Å². The standard InChI is InChI=1S/C17H21ClN8/c1-10-13-8-11(2-3-14(13)23-22-10)16-21-17(15(19)24-25-16)26-7-6-20-12(9-26)4-5-18/h2-3,8,12,20H,4-7,9H2,1H3,(H2,19,24)(H,22,23)/t12-/m0/s1. The molecule has 8 nitrogen and oxygen atoms in total. The third kappa shape index (κ3) is 3.17. The van der Waals surface area contributed by atoms with Crippen molar-refractivity contribution >= 4 is 34.1 Å². The van der Waals surface area contributed by atoms with Crippen LogP contribution in [0.5, 0.6) is 0 Å². The van der Waals surface area contributed by atoms with E-state index < -0.39 is 0 Å². The fourth-order valence-corrected chi connectivity index (χ4v) is 3.56. The molecule has 0 unspecified atom stereocenters. The molecule has 0 saturated carbocycles. The van der Waals surface area contributed by atoms with Crippen LogP contribution in [0.25, 0.3) is 22.3 Å². The largest absolute Gasteiger partial charge is 0.379 e. The molecule has 0 aliphatic carbocycles. The van der Waals surface area contributed by atoms with E-state index in [2.05, 4.69) is 30.6 Å². The van der Waals surface area contributed by atoms with E-state index in [1.54, 1.807) is 0 Å². The number of halogens is 1. The lowest BCUT2D eigenvalue weighted by Gasteiger charge is -2.34. The molecule has 4 rings (SSSR count). The highest BCUT2D eigenvalue weighted by Gasteiger charge is 2.23. The lowest BCUT2D eigenvalue weighted by molar-refractivity contribution is 0.446. The molecule has 1 fully saturated rings. The number of aryl methyl sites for hydroxylation is 1. The minimum atomic E-state index is 0.323. The summed E-state index contributed by atoms with van der Waals surface area (Å²) < 4.78 is 0. The Morgan fingerprint density at radius 3 is 3.08 bits per heavy atom. The van der Waals surface area contributed by atoms with Gasteiger partial charge in [0.2, 0.25) is 0 Å². The van der Waals surface area contributed by atoms with Crippen LogP contribution in [0.2, 0.25) is 0 Å². The average Bonchev–Trinajstić information content (AvgIpc) is 3.03. The summed E-state index contributed by atoms with van der Waals surface area (Å²) in [6.45, 7) is 4.47. The van der Waals surface area contributed by atoms with Crippen LogP contribution in [0.4, 0.5) is 11.6 Å². The molecule has 2 aromatic heterocycles. The monoisotopic (exact) mass is 372 g/mol. The SMILES string of the molecule is Cc1[nH]nc2ccc(-c3nnc(N)c(N4CCN[C@@H](CCCl)C4)n3)cc12. The second-order valence-corrected chi connectivity index (χ2v) is 6.88. The van der Waals surface area contributed by atoms with E-state index in [0.29, 0.717) is 29.4 Å². The van der Waals surface area contributed by atoms with Gasteiger partial charge in [0.15, 0.2) is 17.5 Å². The van der Waals surface area contributed by atoms with Crippen molar-refractivity contribution in [2.75, 3.05) is 36.1 Å². The molecule has 3 heterocycles. The van der Waals surface area contributed by atoms with Gasteiger partial charge in [-0.15, -0.1) is 21.8 Å². The summed E-state index contributed by atoms with van der Waals surface area (Å²) in [5.41, 5.74) is 8.90. The molecule has 1 aromatic carbocycles. The minimum Gasteiger partial charge on any atom is -0.379 e. The maximum atomic E-state index is 6.08. The lowest BCUT2D eigenvalue weighted by atomic mass is 10.1. The molecule has 3 aromatic rings. The van der Waals surface area contributed by atoms with Gasteiger partial charge in [-0.2, -0.15) is 5.10 Å². The van der Waals surface area contributed by atoms with Crippen LogP contribution in [-0.4, -0.2) is 56.9 Å². The maximum absolute atomic E-state index is 6.08. The second kappa shape index (κ2) is 7.05. The molecule has 4 N–H and O–H groups in total. The summed E-state index contributed by atoms with van der Waals surface area (Å²) in [7, 11) is 0. The Kier molecular flexibility index (Phi) is 4.60. The Morgan fingerprint density at radius 1 is 1.35 bits per heavy atom. The highest BCUT2D eigenvalue weighted by Crippen LogP contribution is 2.26. The van der Waals surface area contributed by atoms with Crippen molar-refractivity contribution in [3.05, 3.63) is 23.9 Å². The Hall–Kier alpha value is -2.45. The summed E-state index contributed by atoms with van der Waals surface area (Å²) >= 11 is 5.89. The number of nitrogens with zero attached hydrogens (tertiary/aromatic N) is 5. The number of nitrogens with one attached hydrogen (secondary N) is 2. The molecule has 26 heavy (non-hydrogen) atoms. The Balaban J connectivity index is 1.68. The van der Waals surface area contributed by atoms with Gasteiger partial charge in [0.05, 0.1) is 5.52 Å². The summed E-state index contributed by atoms with van der Waals surface area (Å²) in [6.07, 6.45) is 0.903. The predicted molar refractivity (Wildman–Crippen MR) is 103 cm³/mol. The number of rotatable bonds is 4. The maximum Gasteiger partial charge on any atom is 0.189 e. The molecule has 136 valence electrons. The van der Waals surface area contributed by atoms with Gasteiger partial charge in [-0.25, -0.2) is 4.98 Å². The molecule has 9 heteroatoms. The molecule has 1 aliphatic heterocycles. The number of aromatic amines is 1. The van der Waals surface area contributed by atoms with Crippen molar-refractivity contribution in [1.82, 2.24) is 30.7 Å². The van der Waals surface area contributed by atoms with Crippen molar-refractivity contribution in [3.8, 4) is 11.4 Å². The number of anilines is 2. The van der Waals surface area contributed by atoms with Crippen molar-refractivity contribution in [1.29, 1.82) is 0 Å². The third-order valence-electron chi connectivity index (χ3n) is 4.71. The first-order chi connectivity index (χ1) is 12.7. The number of nitrogen functional groups attached to an aromatic ring is 1. The number of H-pyrrole nitrogens is 1. The first kappa shape index (κ1) is 17.0. The number of hydrogen-bond acceptors (Lipinski definition) is 7. The fourth-order valence-electron chi connectivity index (χ4n) is 3.30. The van der Waals surface area contributed by atoms with E-state index >= 15 is 0 Å². The van der Waals surface area contributed by atoms with Gasteiger partial charge in [-0.3, -0.25) is 5.10 Å². The van der Waals surface area contributed by atoms with Crippen LogP contribution in [-0.2, 0) is 0 Å². The Labute approximate surface area is 156 Å². The summed E-state index contributed by atoms with van der Waals surface area (Å²) in [4.78, 5) is 6.87. The van der Waals surface area contributed by atoms with Crippen LogP contribution in [0.3, 0.4) is 0 Å². The topological polar surface area (TPSA) is 109 Å². The summed E-state index contributed by atoms with van der Waals surface area (Å²) in [6, 6.07) is 6.26. The molecule has 0 bridgehead atoms. The highest BCUT2D eigenvalue weighted by molar-refractivity contribution is 6.17. The van der Waals surface area contributed by atoms with Crippen molar-refractivity contribution in [2.45, 2.75) is 19.4 Å². The van der Waals surface area contributed by atoms with Crippen molar-refractivity contribution < 1.29 is 0 Å². The van der Waals surface area contributed by atoms with Crippen LogP contribution in [0, 0.1) is 6.92 Å². The molecule has 0 spiro atoms. The van der Waals surface area contributed by atoms with Crippen LogP contribution >= 0.6 is 11.6 Å². The molecule has 1 aliphatic rings. The number of benzene rings is 1. The highest BCUT2D eigenvalue weighted by atomic mass is 35.5. The van der Waals surface area contributed by atoms with Crippen molar-refractivity contribution in [3.63, 3.8) is 0 Å². The quantitative estimate of drug-likeness (QED) is 0.598. The normalized spacial score (nSPS) is 17.8. The van der Waals surface area contributed by atoms with Crippen LogP contribution < -0.4 is 16.0 Å². The third-order valence-corrected chi connectivity index (χ3v) is 4.93. The van der Waals surface area contributed by atoms with E-state index in [0.717, 1.165) is 48.2 Å². The van der Waals surface area contributed by atoms with Gasteiger partial charge in [0.25, 0.3) is 0 Å². The van der Waals surface area contributed by atoms with Gasteiger partial charge in [-0.1, -0.05) is 0 Å². The molecule has 0 radical (unpaired) electrons. The fraction of sp³-hybridized carbons (Fsp3) is 0.412. The predicted octanol–water partition coefficient (Wildman–Crippen LogP) is 1.71. The van der Waals surface area contributed by atoms with Crippen LogP contribution in [0.15, 0.2) is 18.2 Å². The molecular formula is C17H21ClN8. The average molecular weight is 373 g/mol. The summed E-state index contributed by atoms with van der Waals surface area (Å²) in [5, 5.41) is 20.1. The van der Waals surface area contributed by atoms with Gasteiger partial charge >= 0.3 is 0 Å². The smallest absolute Gasteiger partial charge is 0.189 e. The van der Waals surface area contributed by atoms with E-state index in [9.17, 15) is 0 Å². The van der Waals surface area contributed by atoms with E-state index in [-0.39, 0.29) is 0 Å². The van der Waals surface area contributed by atoms with E-state index in [1.807, 2.05) is 25.1 Å². The van der Waals surface area contributed by atoms with Crippen molar-refractivity contribution in [2.24, 2.45) is 0 Å². The van der Waals surface area contributed by atoms with E-state index in [1.165, 1.54) is 0 Å². The number of fused-ring (bicyclic) bond motifs is 1.